The normalized spacial score (nSPS) is 15.8. The van der Waals surface area contributed by atoms with Crippen LogP contribution in [0.1, 0.15) is 58.3 Å². The molecule has 170 valence electrons. The lowest BCUT2D eigenvalue weighted by Crippen LogP contribution is -2.40. The molecular weight excluding hydrogens is 419 g/mol. The first kappa shape index (κ1) is 22.6. The molecule has 3 aromatic rings. The number of hydrogen-bond donors (Lipinski definition) is 1. The fourth-order valence-corrected chi connectivity index (χ4v) is 4.12. The predicted molar refractivity (Wildman–Crippen MR) is 123 cm³/mol. The van der Waals surface area contributed by atoms with Crippen LogP contribution in [0.4, 0.5) is 4.39 Å². The van der Waals surface area contributed by atoms with E-state index in [9.17, 15) is 14.0 Å². The van der Waals surface area contributed by atoms with Gasteiger partial charge in [0.05, 0.1) is 23.7 Å². The maximum absolute atomic E-state index is 13.1. The average Bonchev–Trinajstić information content (AvgIpc) is 2.84. The summed E-state index contributed by atoms with van der Waals surface area (Å²) >= 11 is 0. The highest BCUT2D eigenvalue weighted by atomic mass is 19.1. The molecule has 2 aromatic carbocycles. The summed E-state index contributed by atoms with van der Waals surface area (Å²) in [6.45, 7) is 2.74. The third-order valence-electron chi connectivity index (χ3n) is 5.93. The molecule has 0 radical (unpaired) electrons. The SMILES string of the molecule is Cc1nc(C2CCCCN2C(=O)Cc2ccccc2)ncc1C(=O)NCc1ccc(F)cc1. The zero-order valence-electron chi connectivity index (χ0n) is 18.6. The lowest BCUT2D eigenvalue weighted by Gasteiger charge is -2.35. The summed E-state index contributed by atoms with van der Waals surface area (Å²) in [6.07, 6.45) is 4.64. The Hall–Kier alpha value is -3.61. The maximum Gasteiger partial charge on any atom is 0.254 e. The number of carbonyl (C=O) groups is 2. The number of hydrogen-bond acceptors (Lipinski definition) is 4. The summed E-state index contributed by atoms with van der Waals surface area (Å²) in [4.78, 5) is 36.6. The van der Waals surface area contributed by atoms with E-state index in [-0.39, 0.29) is 30.2 Å². The number of aryl methyl sites for hydroxylation is 1. The van der Waals surface area contributed by atoms with Crippen molar-refractivity contribution in [2.75, 3.05) is 6.54 Å². The Morgan fingerprint density at radius 2 is 1.82 bits per heavy atom. The summed E-state index contributed by atoms with van der Waals surface area (Å²) in [5.41, 5.74) is 2.74. The van der Waals surface area contributed by atoms with Gasteiger partial charge in [-0.2, -0.15) is 0 Å². The highest BCUT2D eigenvalue weighted by molar-refractivity contribution is 5.94. The largest absolute Gasteiger partial charge is 0.348 e. The summed E-state index contributed by atoms with van der Waals surface area (Å²) in [5, 5.41) is 2.82. The molecule has 1 N–H and O–H groups in total. The summed E-state index contributed by atoms with van der Waals surface area (Å²) in [7, 11) is 0. The van der Waals surface area contributed by atoms with E-state index in [1.165, 1.54) is 18.3 Å². The number of amides is 2. The lowest BCUT2D eigenvalue weighted by molar-refractivity contribution is -0.134. The van der Waals surface area contributed by atoms with Crippen LogP contribution in [0.25, 0.3) is 0 Å². The molecule has 0 aliphatic carbocycles. The number of benzene rings is 2. The van der Waals surface area contributed by atoms with E-state index in [4.69, 9.17) is 0 Å². The molecule has 2 amide bonds. The molecule has 1 aliphatic heterocycles. The zero-order chi connectivity index (χ0) is 23.2. The van der Waals surface area contributed by atoms with Crippen molar-refractivity contribution in [3.05, 3.63) is 94.8 Å². The minimum atomic E-state index is -0.316. The lowest BCUT2D eigenvalue weighted by atomic mass is 9.99. The van der Waals surface area contributed by atoms with Gasteiger partial charge in [-0.05, 0) is 49.4 Å². The van der Waals surface area contributed by atoms with E-state index in [1.54, 1.807) is 19.1 Å². The van der Waals surface area contributed by atoms with E-state index in [0.717, 1.165) is 30.4 Å². The Morgan fingerprint density at radius 3 is 2.55 bits per heavy atom. The summed E-state index contributed by atoms with van der Waals surface area (Å²) in [6, 6.07) is 15.5. The van der Waals surface area contributed by atoms with Crippen molar-refractivity contribution in [1.29, 1.82) is 0 Å². The standard InChI is InChI=1S/C26H27FN4O2/c1-18-22(26(33)29-16-20-10-12-21(27)13-11-20)17-28-25(30-18)23-9-5-6-14-31(23)24(32)15-19-7-3-2-4-8-19/h2-4,7-8,10-13,17,23H,5-6,9,14-16H2,1H3,(H,29,33). The van der Waals surface area contributed by atoms with E-state index in [2.05, 4.69) is 15.3 Å². The molecule has 1 saturated heterocycles. The molecular formula is C26H27FN4O2. The van der Waals surface area contributed by atoms with Crippen LogP contribution >= 0.6 is 0 Å². The van der Waals surface area contributed by atoms with Crippen molar-refractivity contribution >= 4 is 11.8 Å². The number of aromatic nitrogens is 2. The third-order valence-corrected chi connectivity index (χ3v) is 5.93. The molecule has 0 spiro atoms. The first-order valence-corrected chi connectivity index (χ1v) is 11.2. The van der Waals surface area contributed by atoms with Gasteiger partial charge in [-0.3, -0.25) is 9.59 Å². The van der Waals surface area contributed by atoms with Crippen molar-refractivity contribution in [3.63, 3.8) is 0 Å². The van der Waals surface area contributed by atoms with E-state index in [0.29, 0.717) is 30.0 Å². The van der Waals surface area contributed by atoms with Crippen LogP contribution in [0, 0.1) is 12.7 Å². The zero-order valence-corrected chi connectivity index (χ0v) is 18.6. The van der Waals surface area contributed by atoms with E-state index in [1.807, 2.05) is 35.2 Å². The highest BCUT2D eigenvalue weighted by Crippen LogP contribution is 2.29. The number of halogens is 1. The monoisotopic (exact) mass is 446 g/mol. The molecule has 1 unspecified atom stereocenters. The molecule has 1 aliphatic rings. The van der Waals surface area contributed by atoms with Crippen molar-refractivity contribution in [1.82, 2.24) is 20.2 Å². The predicted octanol–water partition coefficient (Wildman–Crippen LogP) is 4.15. The Labute approximate surface area is 192 Å². The van der Waals surface area contributed by atoms with Crippen LogP contribution in [0.2, 0.25) is 0 Å². The van der Waals surface area contributed by atoms with Crippen LogP contribution in [-0.2, 0) is 17.8 Å². The number of piperidine rings is 1. The minimum Gasteiger partial charge on any atom is -0.348 e. The highest BCUT2D eigenvalue weighted by Gasteiger charge is 2.30. The van der Waals surface area contributed by atoms with Crippen LogP contribution in [0.5, 0.6) is 0 Å². The van der Waals surface area contributed by atoms with Crippen LogP contribution < -0.4 is 5.32 Å². The van der Waals surface area contributed by atoms with Crippen molar-refractivity contribution in [3.8, 4) is 0 Å². The first-order valence-electron chi connectivity index (χ1n) is 11.2. The molecule has 7 heteroatoms. The van der Waals surface area contributed by atoms with Gasteiger partial charge in [-0.25, -0.2) is 14.4 Å². The second-order valence-corrected chi connectivity index (χ2v) is 8.30. The van der Waals surface area contributed by atoms with E-state index >= 15 is 0 Å². The van der Waals surface area contributed by atoms with Gasteiger partial charge in [-0.15, -0.1) is 0 Å². The summed E-state index contributed by atoms with van der Waals surface area (Å²) in [5.74, 6) is 0.0323. The van der Waals surface area contributed by atoms with Crippen LogP contribution in [0.15, 0.2) is 60.8 Å². The quantitative estimate of drug-likeness (QED) is 0.617. The van der Waals surface area contributed by atoms with Gasteiger partial charge in [0.25, 0.3) is 5.91 Å². The molecule has 33 heavy (non-hydrogen) atoms. The number of nitrogens with zero attached hydrogens (tertiary/aromatic N) is 3. The first-order chi connectivity index (χ1) is 16.0. The molecule has 1 aromatic heterocycles. The second-order valence-electron chi connectivity index (χ2n) is 8.30. The van der Waals surface area contributed by atoms with Gasteiger partial charge < -0.3 is 10.2 Å². The van der Waals surface area contributed by atoms with Crippen LogP contribution in [-0.4, -0.2) is 33.2 Å². The van der Waals surface area contributed by atoms with Gasteiger partial charge in [0, 0.05) is 19.3 Å². The van der Waals surface area contributed by atoms with Gasteiger partial charge in [0.1, 0.15) is 5.82 Å². The number of nitrogens with one attached hydrogen (secondary N) is 1. The number of rotatable bonds is 6. The molecule has 1 fully saturated rings. The number of likely N-dealkylation sites (tertiary alicyclic amines) is 1. The van der Waals surface area contributed by atoms with Gasteiger partial charge in [0.2, 0.25) is 5.91 Å². The third kappa shape index (κ3) is 5.61. The number of carbonyl (C=O) groups excluding carboxylic acids is 2. The van der Waals surface area contributed by atoms with Crippen molar-refractivity contribution in [2.24, 2.45) is 0 Å². The molecule has 0 bridgehead atoms. The molecule has 1 atom stereocenters. The minimum absolute atomic E-state index is 0.0632. The fourth-order valence-electron chi connectivity index (χ4n) is 4.12. The van der Waals surface area contributed by atoms with Gasteiger partial charge in [0.15, 0.2) is 5.82 Å². The fraction of sp³-hybridized carbons (Fsp3) is 0.308. The molecule has 2 heterocycles. The molecule has 6 nitrogen and oxygen atoms in total. The Balaban J connectivity index is 1.45. The maximum atomic E-state index is 13.1. The second kappa shape index (κ2) is 10.3. The van der Waals surface area contributed by atoms with Crippen molar-refractivity contribution < 1.29 is 14.0 Å². The topological polar surface area (TPSA) is 75.2 Å². The molecule has 4 rings (SSSR count). The van der Waals surface area contributed by atoms with Crippen LogP contribution in [0.3, 0.4) is 0 Å². The average molecular weight is 447 g/mol. The molecule has 0 saturated carbocycles. The van der Waals surface area contributed by atoms with Gasteiger partial charge >= 0.3 is 0 Å². The van der Waals surface area contributed by atoms with Gasteiger partial charge in [-0.1, -0.05) is 42.5 Å². The Bertz CT molecular complexity index is 1120. The Morgan fingerprint density at radius 1 is 1.06 bits per heavy atom. The van der Waals surface area contributed by atoms with E-state index < -0.39 is 0 Å². The summed E-state index contributed by atoms with van der Waals surface area (Å²) < 4.78 is 13.1. The Kier molecular flexibility index (Phi) is 7.07. The smallest absolute Gasteiger partial charge is 0.254 e. The van der Waals surface area contributed by atoms with Crippen molar-refractivity contribution in [2.45, 2.75) is 45.2 Å².